The molecule has 0 radical (unpaired) electrons. The summed E-state index contributed by atoms with van der Waals surface area (Å²) in [4.78, 5) is 20.1. The van der Waals surface area contributed by atoms with Crippen molar-refractivity contribution in [2.24, 2.45) is 0 Å². The summed E-state index contributed by atoms with van der Waals surface area (Å²) < 4.78 is 0. The van der Waals surface area contributed by atoms with E-state index in [9.17, 15) is 4.79 Å². The lowest BCUT2D eigenvalue weighted by Gasteiger charge is -2.18. The highest BCUT2D eigenvalue weighted by molar-refractivity contribution is 5.83. The van der Waals surface area contributed by atoms with Crippen LogP contribution in [0.1, 0.15) is 39.2 Å². The minimum atomic E-state index is -0.355. The lowest BCUT2D eigenvalue weighted by atomic mass is 10.1. The number of aromatic nitrogens is 1. The van der Waals surface area contributed by atoms with Gasteiger partial charge in [-0.15, -0.1) is 0 Å². The van der Waals surface area contributed by atoms with Gasteiger partial charge in [0.15, 0.2) is 0 Å². The van der Waals surface area contributed by atoms with Crippen molar-refractivity contribution >= 4 is 16.8 Å². The van der Waals surface area contributed by atoms with E-state index in [0.717, 1.165) is 18.4 Å². The van der Waals surface area contributed by atoms with Gasteiger partial charge in [-0.1, -0.05) is 18.2 Å². The van der Waals surface area contributed by atoms with Crippen LogP contribution in [0, 0.1) is 0 Å². The number of H-pyrrole nitrogens is 1. The third-order valence-corrected chi connectivity index (χ3v) is 3.00. The van der Waals surface area contributed by atoms with Crippen molar-refractivity contribution in [3.63, 3.8) is 0 Å². The van der Waals surface area contributed by atoms with E-state index < -0.39 is 0 Å². The first kappa shape index (κ1) is 14.6. The van der Waals surface area contributed by atoms with Crippen LogP contribution in [0.25, 0.3) is 10.9 Å². The molecule has 0 atom stereocenters. The molecule has 1 aromatic carbocycles. The number of hydrogen-bond donors (Lipinski definition) is 2. The second kappa shape index (κ2) is 6.09. The number of para-hydroxylation sites is 1. The molecule has 0 spiro atoms. The van der Waals surface area contributed by atoms with Gasteiger partial charge in [0.05, 0.1) is 5.60 Å². The van der Waals surface area contributed by atoms with E-state index in [1.54, 1.807) is 0 Å². The molecule has 4 heteroatoms. The van der Waals surface area contributed by atoms with Crippen LogP contribution in [-0.2, 0) is 16.1 Å². The van der Waals surface area contributed by atoms with Crippen LogP contribution in [0.2, 0.25) is 0 Å². The van der Waals surface area contributed by atoms with Gasteiger partial charge in [0, 0.05) is 23.5 Å². The fraction of sp³-hybridized carbons (Fsp3) is 0.438. The molecular formula is C16H22N2O2. The fourth-order valence-corrected chi connectivity index (χ4v) is 2.04. The third kappa shape index (κ3) is 4.10. The molecule has 0 saturated carbocycles. The highest BCUT2D eigenvalue weighted by Crippen LogP contribution is 2.19. The van der Waals surface area contributed by atoms with E-state index in [0.29, 0.717) is 6.42 Å². The summed E-state index contributed by atoms with van der Waals surface area (Å²) in [6.45, 7) is 5.71. The minimum Gasteiger partial charge on any atom is -0.361 e. The summed E-state index contributed by atoms with van der Waals surface area (Å²) in [5.74, 6) is -0.0697. The predicted octanol–water partition coefficient (Wildman–Crippen LogP) is 3.34. The highest BCUT2D eigenvalue weighted by atomic mass is 16.7. The molecule has 0 saturated heterocycles. The molecule has 20 heavy (non-hydrogen) atoms. The van der Waals surface area contributed by atoms with E-state index in [-0.39, 0.29) is 11.5 Å². The Kier molecular flexibility index (Phi) is 4.45. The van der Waals surface area contributed by atoms with Crippen molar-refractivity contribution in [1.29, 1.82) is 0 Å². The maximum atomic E-state index is 11.6. The number of fused-ring (bicyclic) bond motifs is 1. The second-order valence-corrected chi connectivity index (χ2v) is 5.95. The Bertz CT molecular complexity index is 581. The standard InChI is InChI=1S/C16H22N2O2/c1-16(2,3)20-18-15(19)10-6-7-12-11-17-14-9-5-4-8-13(12)14/h4-5,8-9,11,17H,6-7,10H2,1-3H3,(H,18,19). The quantitative estimate of drug-likeness (QED) is 0.822. The van der Waals surface area contributed by atoms with Crippen molar-refractivity contribution in [2.45, 2.75) is 45.6 Å². The largest absolute Gasteiger partial charge is 0.361 e. The lowest BCUT2D eigenvalue weighted by molar-refractivity contribution is -0.145. The number of nitrogens with one attached hydrogen (secondary N) is 2. The zero-order valence-corrected chi connectivity index (χ0v) is 12.3. The highest BCUT2D eigenvalue weighted by Gasteiger charge is 2.12. The Morgan fingerprint density at radius 1 is 1.30 bits per heavy atom. The number of benzene rings is 1. The van der Waals surface area contributed by atoms with E-state index >= 15 is 0 Å². The van der Waals surface area contributed by atoms with E-state index in [4.69, 9.17) is 4.84 Å². The van der Waals surface area contributed by atoms with Crippen LogP contribution in [0.15, 0.2) is 30.5 Å². The van der Waals surface area contributed by atoms with Crippen molar-refractivity contribution < 1.29 is 9.63 Å². The van der Waals surface area contributed by atoms with Crippen LogP contribution < -0.4 is 5.48 Å². The molecule has 0 fully saturated rings. The number of carbonyl (C=O) groups excluding carboxylic acids is 1. The zero-order chi connectivity index (χ0) is 14.6. The van der Waals surface area contributed by atoms with Gasteiger partial charge in [-0.05, 0) is 45.2 Å². The molecular weight excluding hydrogens is 252 g/mol. The van der Waals surface area contributed by atoms with Crippen LogP contribution in [0.5, 0.6) is 0 Å². The SMILES string of the molecule is CC(C)(C)ONC(=O)CCCc1c[nH]c2ccccc12. The van der Waals surface area contributed by atoms with Gasteiger partial charge in [-0.2, -0.15) is 0 Å². The summed E-state index contributed by atoms with van der Waals surface area (Å²) in [6, 6.07) is 8.20. The van der Waals surface area contributed by atoms with Gasteiger partial charge >= 0.3 is 0 Å². The first-order valence-electron chi connectivity index (χ1n) is 6.97. The molecule has 0 aliphatic rings. The Balaban J connectivity index is 1.80. The fourth-order valence-electron chi connectivity index (χ4n) is 2.04. The molecule has 0 unspecified atom stereocenters. The third-order valence-electron chi connectivity index (χ3n) is 3.00. The van der Waals surface area contributed by atoms with Gasteiger partial charge in [-0.3, -0.25) is 9.63 Å². The molecule has 2 N–H and O–H groups in total. The van der Waals surface area contributed by atoms with Gasteiger partial charge < -0.3 is 4.98 Å². The molecule has 0 aliphatic heterocycles. The molecule has 0 aliphatic carbocycles. The molecule has 4 nitrogen and oxygen atoms in total. The van der Waals surface area contributed by atoms with Crippen molar-refractivity contribution in [2.75, 3.05) is 0 Å². The van der Waals surface area contributed by atoms with Crippen LogP contribution in [-0.4, -0.2) is 16.5 Å². The smallest absolute Gasteiger partial charge is 0.243 e. The topological polar surface area (TPSA) is 54.1 Å². The summed E-state index contributed by atoms with van der Waals surface area (Å²) in [7, 11) is 0. The summed E-state index contributed by atoms with van der Waals surface area (Å²) in [6.07, 6.45) is 4.18. The molecule has 1 aromatic heterocycles. The maximum absolute atomic E-state index is 11.6. The molecule has 1 heterocycles. The normalized spacial score (nSPS) is 11.8. The average molecular weight is 274 g/mol. The number of aryl methyl sites for hydroxylation is 1. The van der Waals surface area contributed by atoms with E-state index in [1.165, 1.54) is 10.9 Å². The first-order valence-corrected chi connectivity index (χ1v) is 6.97. The number of hydroxylamine groups is 1. The Morgan fingerprint density at radius 2 is 2.05 bits per heavy atom. The summed E-state index contributed by atoms with van der Waals surface area (Å²) in [5.41, 5.74) is 4.53. The van der Waals surface area contributed by atoms with Crippen LogP contribution >= 0.6 is 0 Å². The van der Waals surface area contributed by atoms with Crippen molar-refractivity contribution in [3.8, 4) is 0 Å². The molecule has 0 bridgehead atoms. The number of hydrogen-bond acceptors (Lipinski definition) is 2. The van der Waals surface area contributed by atoms with Crippen molar-refractivity contribution in [3.05, 3.63) is 36.0 Å². The Morgan fingerprint density at radius 3 is 2.80 bits per heavy atom. The first-order chi connectivity index (χ1) is 9.46. The van der Waals surface area contributed by atoms with Gasteiger partial charge in [0.2, 0.25) is 5.91 Å². The predicted molar refractivity (Wildman–Crippen MR) is 80.2 cm³/mol. The van der Waals surface area contributed by atoms with E-state index in [2.05, 4.69) is 22.6 Å². The minimum absolute atomic E-state index is 0.0697. The van der Waals surface area contributed by atoms with Crippen molar-refractivity contribution in [1.82, 2.24) is 10.5 Å². The Labute approximate surface area is 119 Å². The number of carbonyl (C=O) groups is 1. The van der Waals surface area contributed by atoms with Gasteiger partial charge in [0.1, 0.15) is 0 Å². The van der Waals surface area contributed by atoms with E-state index in [1.807, 2.05) is 39.1 Å². The molecule has 108 valence electrons. The molecule has 1 amide bonds. The lowest BCUT2D eigenvalue weighted by Crippen LogP contribution is -2.33. The number of aromatic amines is 1. The zero-order valence-electron chi connectivity index (χ0n) is 12.3. The number of rotatable bonds is 5. The maximum Gasteiger partial charge on any atom is 0.243 e. The second-order valence-electron chi connectivity index (χ2n) is 5.95. The number of amides is 1. The van der Waals surface area contributed by atoms with Crippen LogP contribution in [0.3, 0.4) is 0 Å². The van der Waals surface area contributed by atoms with Gasteiger partial charge in [0.25, 0.3) is 0 Å². The van der Waals surface area contributed by atoms with Crippen LogP contribution in [0.4, 0.5) is 0 Å². The average Bonchev–Trinajstić information content (AvgIpc) is 2.79. The Hall–Kier alpha value is -1.81. The summed E-state index contributed by atoms with van der Waals surface area (Å²) >= 11 is 0. The molecule has 2 rings (SSSR count). The monoisotopic (exact) mass is 274 g/mol. The van der Waals surface area contributed by atoms with Gasteiger partial charge in [-0.25, -0.2) is 5.48 Å². The summed E-state index contributed by atoms with van der Waals surface area (Å²) in [5, 5.41) is 1.24. The molecule has 2 aromatic rings.